The number of aromatic amines is 1. The van der Waals surface area contributed by atoms with E-state index in [1.807, 2.05) is 0 Å². The first-order chi connectivity index (χ1) is 10.6. The Morgan fingerprint density at radius 2 is 2.27 bits per heavy atom. The van der Waals surface area contributed by atoms with Crippen LogP contribution in [0.25, 0.3) is 0 Å². The third-order valence-electron chi connectivity index (χ3n) is 3.81. The maximum Gasteiger partial charge on any atom is 0.273 e. The number of nitrogens with one attached hydrogen (secondary N) is 1. The Hall–Kier alpha value is -2.51. The zero-order valence-electron chi connectivity index (χ0n) is 12.7. The van der Waals surface area contributed by atoms with Crippen LogP contribution < -0.4 is 4.90 Å². The van der Waals surface area contributed by atoms with Gasteiger partial charge in [-0.3, -0.25) is 14.9 Å². The fourth-order valence-corrected chi connectivity index (χ4v) is 2.66. The van der Waals surface area contributed by atoms with E-state index in [4.69, 9.17) is 0 Å². The van der Waals surface area contributed by atoms with Gasteiger partial charge in [0.1, 0.15) is 23.7 Å². The Labute approximate surface area is 128 Å². The van der Waals surface area contributed by atoms with Crippen molar-refractivity contribution < 1.29 is 4.79 Å². The van der Waals surface area contributed by atoms with Gasteiger partial charge in [0.15, 0.2) is 0 Å². The number of piperidine rings is 1. The summed E-state index contributed by atoms with van der Waals surface area (Å²) in [5.74, 6) is 1.79. The van der Waals surface area contributed by atoms with Gasteiger partial charge in [-0.2, -0.15) is 5.10 Å². The largest absolute Gasteiger partial charge is 0.355 e. The fraction of sp³-hybridized carbons (Fsp3) is 0.500. The molecule has 0 spiro atoms. The Balaban J connectivity index is 1.79. The first-order valence-corrected chi connectivity index (χ1v) is 7.29. The van der Waals surface area contributed by atoms with E-state index in [1.54, 1.807) is 20.3 Å². The van der Waals surface area contributed by atoms with Crippen LogP contribution in [0, 0.1) is 0 Å². The van der Waals surface area contributed by atoms with Crippen molar-refractivity contribution in [1.82, 2.24) is 30.0 Å². The molecule has 2 aromatic heterocycles. The zero-order valence-corrected chi connectivity index (χ0v) is 12.7. The highest BCUT2D eigenvalue weighted by molar-refractivity contribution is 5.91. The first-order valence-electron chi connectivity index (χ1n) is 7.29. The number of anilines is 1. The molecule has 8 heteroatoms. The molecule has 0 bridgehead atoms. The molecule has 0 unspecified atom stereocenters. The summed E-state index contributed by atoms with van der Waals surface area (Å²) in [6, 6.07) is 0. The third-order valence-corrected chi connectivity index (χ3v) is 3.81. The second kappa shape index (κ2) is 6.08. The molecule has 1 aliphatic rings. The molecule has 0 aliphatic carbocycles. The van der Waals surface area contributed by atoms with Crippen LogP contribution in [0.1, 0.15) is 35.1 Å². The lowest BCUT2D eigenvalue weighted by Gasteiger charge is -2.32. The number of aromatic nitrogens is 5. The van der Waals surface area contributed by atoms with Crippen LogP contribution in [0.15, 0.2) is 18.7 Å². The molecular weight excluding hydrogens is 282 g/mol. The molecule has 1 amide bonds. The van der Waals surface area contributed by atoms with Crippen molar-refractivity contribution in [2.45, 2.75) is 18.8 Å². The van der Waals surface area contributed by atoms with Crippen molar-refractivity contribution in [1.29, 1.82) is 0 Å². The molecular formula is C14H19N7O. The third kappa shape index (κ3) is 2.90. The van der Waals surface area contributed by atoms with Crippen LogP contribution >= 0.6 is 0 Å². The van der Waals surface area contributed by atoms with Crippen LogP contribution in [0.5, 0.6) is 0 Å². The lowest BCUT2D eigenvalue weighted by atomic mass is 9.97. The molecule has 0 saturated carbocycles. The Morgan fingerprint density at radius 1 is 1.41 bits per heavy atom. The van der Waals surface area contributed by atoms with Crippen molar-refractivity contribution in [2.75, 3.05) is 32.1 Å². The number of rotatable bonds is 3. The number of H-pyrrole nitrogens is 1. The molecule has 22 heavy (non-hydrogen) atoms. The van der Waals surface area contributed by atoms with Gasteiger partial charge < -0.3 is 9.80 Å². The molecule has 1 atom stereocenters. The predicted octanol–water partition coefficient (Wildman–Crippen LogP) is 0.680. The Kier molecular flexibility index (Phi) is 3.99. The van der Waals surface area contributed by atoms with Crippen molar-refractivity contribution >= 4 is 11.7 Å². The van der Waals surface area contributed by atoms with Gasteiger partial charge in [-0.05, 0) is 12.8 Å². The van der Waals surface area contributed by atoms with Gasteiger partial charge in [0.2, 0.25) is 0 Å². The number of carbonyl (C=O) groups excluding carboxylic acids is 1. The van der Waals surface area contributed by atoms with Gasteiger partial charge in [0.05, 0.1) is 12.4 Å². The molecule has 1 N–H and O–H groups in total. The minimum Gasteiger partial charge on any atom is -0.355 e. The minimum atomic E-state index is -0.141. The maximum absolute atomic E-state index is 12.0. The van der Waals surface area contributed by atoms with Crippen LogP contribution in [0.4, 0.5) is 5.82 Å². The van der Waals surface area contributed by atoms with Crippen LogP contribution in [-0.2, 0) is 0 Å². The molecule has 3 rings (SSSR count). The van der Waals surface area contributed by atoms with Gasteiger partial charge in [-0.15, -0.1) is 0 Å². The lowest BCUT2D eigenvalue weighted by Crippen LogP contribution is -2.36. The summed E-state index contributed by atoms with van der Waals surface area (Å²) < 4.78 is 0. The van der Waals surface area contributed by atoms with Gasteiger partial charge in [-0.1, -0.05) is 0 Å². The van der Waals surface area contributed by atoms with Crippen molar-refractivity contribution in [3.05, 3.63) is 30.2 Å². The molecule has 0 aromatic carbocycles. The highest BCUT2D eigenvalue weighted by Gasteiger charge is 2.25. The minimum absolute atomic E-state index is 0.141. The number of nitrogens with zero attached hydrogens (tertiary/aromatic N) is 6. The molecule has 2 aromatic rings. The summed E-state index contributed by atoms with van der Waals surface area (Å²) >= 11 is 0. The van der Waals surface area contributed by atoms with E-state index in [1.165, 1.54) is 17.4 Å². The van der Waals surface area contributed by atoms with Crippen LogP contribution in [-0.4, -0.2) is 63.1 Å². The van der Waals surface area contributed by atoms with Crippen molar-refractivity contribution in [3.8, 4) is 0 Å². The molecule has 0 radical (unpaired) electrons. The summed E-state index contributed by atoms with van der Waals surface area (Å²) in [5, 5.41) is 6.86. The SMILES string of the molecule is CN(C)C(=O)c1cncc(N2CCC[C@H](c3ncn[nH]3)C2)n1. The molecule has 3 heterocycles. The zero-order chi connectivity index (χ0) is 15.5. The van der Waals surface area contributed by atoms with Crippen molar-refractivity contribution in [2.24, 2.45) is 0 Å². The Morgan fingerprint density at radius 3 is 3.00 bits per heavy atom. The van der Waals surface area contributed by atoms with E-state index in [2.05, 4.69) is 30.0 Å². The second-order valence-corrected chi connectivity index (χ2v) is 5.62. The van der Waals surface area contributed by atoms with Gasteiger partial charge in [0.25, 0.3) is 5.91 Å². The summed E-state index contributed by atoms with van der Waals surface area (Å²) in [6.07, 6.45) is 6.84. The van der Waals surface area contributed by atoms with Crippen molar-refractivity contribution in [3.63, 3.8) is 0 Å². The van der Waals surface area contributed by atoms with Gasteiger partial charge in [0, 0.05) is 33.1 Å². The summed E-state index contributed by atoms with van der Waals surface area (Å²) in [5.41, 5.74) is 0.365. The summed E-state index contributed by atoms with van der Waals surface area (Å²) in [6.45, 7) is 1.70. The molecule has 8 nitrogen and oxygen atoms in total. The van der Waals surface area contributed by atoms with Crippen LogP contribution in [0.2, 0.25) is 0 Å². The average molecular weight is 301 g/mol. The number of hydrogen-bond acceptors (Lipinski definition) is 6. The van der Waals surface area contributed by atoms with E-state index in [0.29, 0.717) is 11.6 Å². The van der Waals surface area contributed by atoms with E-state index in [0.717, 1.165) is 37.6 Å². The predicted molar refractivity (Wildman–Crippen MR) is 80.6 cm³/mol. The molecule has 1 fully saturated rings. The van der Waals surface area contributed by atoms with Gasteiger partial charge >= 0.3 is 0 Å². The highest BCUT2D eigenvalue weighted by atomic mass is 16.2. The normalized spacial score (nSPS) is 18.3. The standard InChI is InChI=1S/C14H19N7O/c1-20(2)14(22)11-6-15-7-12(18-11)21-5-3-4-10(8-21)13-16-9-17-19-13/h6-7,9-10H,3-5,8H2,1-2H3,(H,16,17,19)/t10-/m0/s1. The quantitative estimate of drug-likeness (QED) is 0.896. The number of hydrogen-bond donors (Lipinski definition) is 1. The molecule has 116 valence electrons. The van der Waals surface area contributed by atoms with Crippen LogP contribution in [0.3, 0.4) is 0 Å². The average Bonchev–Trinajstić information content (AvgIpc) is 3.09. The highest BCUT2D eigenvalue weighted by Crippen LogP contribution is 2.26. The number of carbonyl (C=O) groups is 1. The smallest absolute Gasteiger partial charge is 0.273 e. The first kappa shape index (κ1) is 14.4. The molecule has 1 saturated heterocycles. The number of amides is 1. The monoisotopic (exact) mass is 301 g/mol. The molecule has 1 aliphatic heterocycles. The second-order valence-electron chi connectivity index (χ2n) is 5.62. The van der Waals surface area contributed by atoms with E-state index >= 15 is 0 Å². The van der Waals surface area contributed by atoms with E-state index in [9.17, 15) is 4.79 Å². The fourth-order valence-electron chi connectivity index (χ4n) is 2.66. The lowest BCUT2D eigenvalue weighted by molar-refractivity contribution is 0.0821. The Bertz CT molecular complexity index is 640. The topological polar surface area (TPSA) is 90.9 Å². The summed E-state index contributed by atoms with van der Waals surface area (Å²) in [7, 11) is 3.41. The maximum atomic E-state index is 12.0. The van der Waals surface area contributed by atoms with E-state index < -0.39 is 0 Å². The summed E-state index contributed by atoms with van der Waals surface area (Å²) in [4.78, 5) is 28.5. The van der Waals surface area contributed by atoms with E-state index in [-0.39, 0.29) is 5.91 Å². The van der Waals surface area contributed by atoms with Gasteiger partial charge in [-0.25, -0.2) is 9.97 Å².